The Morgan fingerprint density at radius 2 is 1.86 bits per heavy atom. The monoisotopic (exact) mass is 413 g/mol. The van der Waals surface area contributed by atoms with Crippen LogP contribution in [-0.4, -0.2) is 34.8 Å². The number of aliphatic hydroxyl groups excluding tert-OH is 1. The van der Waals surface area contributed by atoms with Crippen LogP contribution < -0.4 is 4.74 Å². The number of benzene rings is 1. The number of ketones is 1. The number of Topliss-reactive ketones (excluding diaryl/α,β-unsaturated/α-hetero) is 1. The van der Waals surface area contributed by atoms with Crippen LogP contribution in [0.5, 0.6) is 5.75 Å². The Morgan fingerprint density at radius 1 is 1.10 bits per heavy atom. The van der Waals surface area contributed by atoms with Crippen molar-refractivity contribution in [1.82, 2.24) is 4.90 Å². The van der Waals surface area contributed by atoms with Crippen LogP contribution in [0.4, 0.5) is 0 Å². The fraction of sp³-hybridized carbons (Fsp3) is 0.391. The van der Waals surface area contributed by atoms with Crippen molar-refractivity contribution in [3.05, 3.63) is 57.8 Å². The highest BCUT2D eigenvalue weighted by Crippen LogP contribution is 2.41. The van der Waals surface area contributed by atoms with Gasteiger partial charge in [0.15, 0.2) is 0 Å². The number of amides is 1. The first-order valence-electron chi connectivity index (χ1n) is 10.1. The fourth-order valence-corrected chi connectivity index (χ4v) is 4.32. The molecule has 2 aromatic rings. The molecule has 1 aliphatic heterocycles. The van der Waals surface area contributed by atoms with Gasteiger partial charge in [0.25, 0.3) is 11.7 Å². The number of carbonyl (C=O) groups excluding carboxylic acids is 2. The van der Waals surface area contributed by atoms with Crippen LogP contribution in [0.3, 0.4) is 0 Å². The lowest BCUT2D eigenvalue weighted by Crippen LogP contribution is -2.30. The lowest BCUT2D eigenvalue weighted by molar-refractivity contribution is -0.139. The Hall–Kier alpha value is -2.60. The van der Waals surface area contributed by atoms with E-state index in [2.05, 4.69) is 6.92 Å². The van der Waals surface area contributed by atoms with Gasteiger partial charge >= 0.3 is 0 Å². The molecular weight excluding hydrogens is 386 g/mol. The van der Waals surface area contributed by atoms with Gasteiger partial charge < -0.3 is 14.7 Å². The number of unbranched alkanes of at least 4 members (excludes halogenated alkanes) is 2. The second-order valence-corrected chi connectivity index (χ2v) is 8.07. The van der Waals surface area contributed by atoms with Crippen molar-refractivity contribution in [3.8, 4) is 5.75 Å². The van der Waals surface area contributed by atoms with Crippen LogP contribution in [0.15, 0.2) is 47.4 Å². The van der Waals surface area contributed by atoms with Gasteiger partial charge in [-0.1, -0.05) is 32.8 Å². The highest BCUT2D eigenvalue weighted by molar-refractivity contribution is 7.10. The number of aliphatic hydroxyl groups is 1. The summed E-state index contributed by atoms with van der Waals surface area (Å²) < 4.78 is 5.58. The maximum absolute atomic E-state index is 12.8. The van der Waals surface area contributed by atoms with E-state index in [1.165, 1.54) is 11.3 Å². The molecule has 0 spiro atoms. The summed E-state index contributed by atoms with van der Waals surface area (Å²) in [5.74, 6) is -0.590. The molecule has 29 heavy (non-hydrogen) atoms. The van der Waals surface area contributed by atoms with Crippen molar-refractivity contribution < 1.29 is 19.4 Å². The van der Waals surface area contributed by atoms with Crippen LogP contribution >= 0.6 is 11.3 Å². The number of likely N-dealkylation sites (tertiary alicyclic amines) is 1. The Bertz CT molecular complexity index is 871. The first-order valence-corrected chi connectivity index (χ1v) is 11.0. The van der Waals surface area contributed by atoms with E-state index < -0.39 is 17.7 Å². The average Bonchev–Trinajstić information content (AvgIpc) is 3.35. The molecule has 1 aliphatic rings. The molecule has 1 fully saturated rings. The molecule has 2 heterocycles. The Morgan fingerprint density at radius 3 is 2.48 bits per heavy atom. The summed E-state index contributed by atoms with van der Waals surface area (Å²) in [6.45, 7) is 5.25. The quantitative estimate of drug-likeness (QED) is 0.267. The molecule has 6 heteroatoms. The number of ether oxygens (including phenoxy) is 1. The zero-order valence-electron chi connectivity index (χ0n) is 16.9. The molecule has 1 unspecified atom stereocenters. The van der Waals surface area contributed by atoms with Gasteiger partial charge in [0.1, 0.15) is 11.5 Å². The maximum atomic E-state index is 12.8. The summed E-state index contributed by atoms with van der Waals surface area (Å²) in [6.07, 6.45) is 3.75. The minimum Gasteiger partial charge on any atom is -0.507 e. The van der Waals surface area contributed by atoms with E-state index in [0.717, 1.165) is 30.6 Å². The number of carbonyl (C=O) groups is 2. The van der Waals surface area contributed by atoms with Crippen molar-refractivity contribution in [2.75, 3.05) is 13.2 Å². The first-order chi connectivity index (χ1) is 14.1. The minimum absolute atomic E-state index is 0.137. The topological polar surface area (TPSA) is 66.8 Å². The van der Waals surface area contributed by atoms with Crippen molar-refractivity contribution >= 4 is 28.8 Å². The van der Waals surface area contributed by atoms with Crippen molar-refractivity contribution in [3.63, 3.8) is 0 Å². The van der Waals surface area contributed by atoms with E-state index in [9.17, 15) is 14.7 Å². The molecule has 0 saturated carbocycles. The van der Waals surface area contributed by atoms with E-state index in [4.69, 9.17) is 4.74 Å². The second kappa shape index (κ2) is 9.74. The van der Waals surface area contributed by atoms with Gasteiger partial charge in [0.05, 0.1) is 18.2 Å². The minimum atomic E-state index is -0.622. The molecular formula is C23H27NO4S. The molecule has 0 aliphatic carbocycles. The van der Waals surface area contributed by atoms with Crippen molar-refractivity contribution in [2.24, 2.45) is 0 Å². The van der Waals surface area contributed by atoms with Crippen LogP contribution in [0.25, 0.3) is 5.76 Å². The average molecular weight is 414 g/mol. The molecule has 0 radical (unpaired) electrons. The van der Waals surface area contributed by atoms with Gasteiger partial charge in [-0.25, -0.2) is 0 Å². The number of thiophene rings is 1. The van der Waals surface area contributed by atoms with Crippen LogP contribution in [0.1, 0.15) is 56.0 Å². The van der Waals surface area contributed by atoms with Crippen molar-refractivity contribution in [1.29, 1.82) is 0 Å². The molecule has 1 N–H and O–H groups in total. The van der Waals surface area contributed by atoms with Gasteiger partial charge in [-0.15, -0.1) is 11.3 Å². The van der Waals surface area contributed by atoms with Gasteiger partial charge in [-0.3, -0.25) is 9.59 Å². The third-order valence-electron chi connectivity index (χ3n) is 4.96. The molecule has 5 nitrogen and oxygen atoms in total. The largest absolute Gasteiger partial charge is 0.507 e. The normalized spacial score (nSPS) is 18.4. The maximum Gasteiger partial charge on any atom is 0.295 e. The van der Waals surface area contributed by atoms with Gasteiger partial charge in [0.2, 0.25) is 0 Å². The summed E-state index contributed by atoms with van der Waals surface area (Å²) in [7, 11) is 0. The van der Waals surface area contributed by atoms with Crippen LogP contribution in [0, 0.1) is 0 Å². The Balaban J connectivity index is 1.97. The molecule has 0 bridgehead atoms. The van der Waals surface area contributed by atoms with Crippen LogP contribution in [0.2, 0.25) is 0 Å². The molecule has 1 saturated heterocycles. The standard InChI is InChI=1S/C23H27NO4S/c1-3-5-6-13-24-20(18-8-7-15-29-18)19(22(26)23(24)27)21(25)16-9-11-17(12-10-16)28-14-4-2/h7-12,15,20,25H,3-6,13-14H2,1-2H3/b21-19-. The molecule has 1 atom stereocenters. The smallest absolute Gasteiger partial charge is 0.295 e. The predicted molar refractivity (Wildman–Crippen MR) is 115 cm³/mol. The van der Waals surface area contributed by atoms with Crippen molar-refractivity contribution in [2.45, 2.75) is 45.6 Å². The highest BCUT2D eigenvalue weighted by Gasteiger charge is 2.46. The molecule has 1 amide bonds. The van der Waals surface area contributed by atoms with E-state index in [0.29, 0.717) is 24.5 Å². The van der Waals surface area contributed by atoms with E-state index in [1.807, 2.05) is 24.4 Å². The SMILES string of the molecule is CCCCCN1C(=O)C(=O)/C(=C(\O)c2ccc(OCCC)cc2)C1c1cccs1. The van der Waals surface area contributed by atoms with E-state index in [1.54, 1.807) is 29.2 Å². The number of hydrogen-bond acceptors (Lipinski definition) is 5. The van der Waals surface area contributed by atoms with Gasteiger partial charge in [-0.05, 0) is 48.6 Å². The Kier molecular flexibility index (Phi) is 7.09. The lowest BCUT2D eigenvalue weighted by atomic mass is 9.99. The summed E-state index contributed by atoms with van der Waals surface area (Å²) in [5.41, 5.74) is 0.665. The first kappa shape index (κ1) is 21.1. The molecule has 154 valence electrons. The zero-order chi connectivity index (χ0) is 20.8. The van der Waals surface area contributed by atoms with Gasteiger partial charge in [0, 0.05) is 17.0 Å². The fourth-order valence-electron chi connectivity index (χ4n) is 3.47. The third-order valence-corrected chi connectivity index (χ3v) is 5.88. The highest BCUT2D eigenvalue weighted by atomic mass is 32.1. The van der Waals surface area contributed by atoms with E-state index >= 15 is 0 Å². The second-order valence-electron chi connectivity index (χ2n) is 7.09. The summed E-state index contributed by atoms with van der Waals surface area (Å²) in [4.78, 5) is 28.1. The molecule has 1 aromatic heterocycles. The summed E-state index contributed by atoms with van der Waals surface area (Å²) in [5, 5.41) is 12.9. The molecule has 3 rings (SSSR count). The Labute approximate surface area is 175 Å². The zero-order valence-corrected chi connectivity index (χ0v) is 17.7. The summed E-state index contributed by atoms with van der Waals surface area (Å²) in [6, 6.07) is 10.2. The number of nitrogens with zero attached hydrogens (tertiary/aromatic N) is 1. The summed E-state index contributed by atoms with van der Waals surface area (Å²) >= 11 is 1.48. The van der Waals surface area contributed by atoms with Crippen LogP contribution in [-0.2, 0) is 9.59 Å². The number of hydrogen-bond donors (Lipinski definition) is 1. The lowest BCUT2D eigenvalue weighted by Gasteiger charge is -2.24. The van der Waals surface area contributed by atoms with E-state index in [-0.39, 0.29) is 11.3 Å². The third kappa shape index (κ3) is 4.53. The molecule has 1 aromatic carbocycles. The number of rotatable bonds is 9. The van der Waals surface area contributed by atoms with Gasteiger partial charge in [-0.2, -0.15) is 0 Å². The predicted octanol–water partition coefficient (Wildman–Crippen LogP) is 5.15.